The minimum absolute atomic E-state index is 0.0482. The maximum Gasteiger partial charge on any atom is 0.253 e. The second-order valence-corrected chi connectivity index (χ2v) is 8.55. The van der Waals surface area contributed by atoms with Crippen LogP contribution in [0.1, 0.15) is 36.0 Å². The molecule has 2 fully saturated rings. The normalized spacial score (nSPS) is 24.0. The average molecular weight is 352 g/mol. The Morgan fingerprint density at radius 3 is 2.54 bits per heavy atom. The fourth-order valence-corrected chi connectivity index (χ4v) is 4.47. The number of piperidine rings is 1. The summed E-state index contributed by atoms with van der Waals surface area (Å²) in [4.78, 5) is 14.4. The number of nitrogens with zero attached hydrogens (tertiary/aromatic N) is 1. The number of carbonyl (C=O) groups is 1. The smallest absolute Gasteiger partial charge is 0.253 e. The van der Waals surface area contributed by atoms with Crippen LogP contribution < -0.4 is 4.72 Å². The number of amides is 1. The highest BCUT2D eigenvalue weighted by molar-refractivity contribution is 7.88. The van der Waals surface area contributed by atoms with Crippen molar-refractivity contribution in [3.8, 4) is 0 Å². The van der Waals surface area contributed by atoms with Gasteiger partial charge in [-0.25, -0.2) is 13.1 Å². The Labute approximate surface area is 143 Å². The maximum atomic E-state index is 12.5. The minimum atomic E-state index is -3.21. The number of rotatable bonds is 3. The number of nitrogens with one attached hydrogen (secondary N) is 1. The molecule has 1 aromatic rings. The van der Waals surface area contributed by atoms with Gasteiger partial charge in [-0.2, -0.15) is 0 Å². The van der Waals surface area contributed by atoms with Crippen molar-refractivity contribution in [3.05, 3.63) is 35.9 Å². The standard InChI is InChI=1S/C17H24N2O4S/c1-24(21,22)18-15-7-12-23-17(13-15)8-10-19(11-9-17)16(20)14-5-3-2-4-6-14/h2-6,15,18H,7-13H2,1H3. The Morgan fingerprint density at radius 2 is 1.92 bits per heavy atom. The van der Waals surface area contributed by atoms with Gasteiger partial charge in [-0.1, -0.05) is 18.2 Å². The topological polar surface area (TPSA) is 75.7 Å². The molecule has 0 bridgehead atoms. The minimum Gasteiger partial charge on any atom is -0.375 e. The lowest BCUT2D eigenvalue weighted by Gasteiger charge is -2.46. The number of likely N-dealkylation sites (tertiary alicyclic amines) is 1. The molecule has 1 N–H and O–H groups in total. The third-order valence-corrected chi connectivity index (χ3v) is 5.62. The van der Waals surface area contributed by atoms with Gasteiger partial charge < -0.3 is 9.64 Å². The van der Waals surface area contributed by atoms with Gasteiger partial charge >= 0.3 is 0 Å². The number of hydrogen-bond acceptors (Lipinski definition) is 4. The first kappa shape index (κ1) is 17.4. The lowest BCUT2D eigenvalue weighted by molar-refractivity contribution is -0.113. The summed E-state index contributed by atoms with van der Waals surface area (Å²) in [5.74, 6) is 0.0482. The van der Waals surface area contributed by atoms with Gasteiger partial charge in [0.2, 0.25) is 10.0 Å². The molecule has 1 spiro atoms. The average Bonchev–Trinajstić information content (AvgIpc) is 2.54. The largest absolute Gasteiger partial charge is 0.375 e. The van der Waals surface area contributed by atoms with Crippen LogP contribution in [0.3, 0.4) is 0 Å². The summed E-state index contributed by atoms with van der Waals surface area (Å²) in [7, 11) is -3.21. The highest BCUT2D eigenvalue weighted by Gasteiger charge is 2.41. The number of carbonyl (C=O) groups excluding carboxylic acids is 1. The molecule has 6 nitrogen and oxygen atoms in total. The fraction of sp³-hybridized carbons (Fsp3) is 0.588. The Balaban J connectivity index is 1.60. The molecule has 1 atom stereocenters. The van der Waals surface area contributed by atoms with E-state index in [2.05, 4.69) is 4.72 Å². The molecule has 3 rings (SSSR count). The Morgan fingerprint density at radius 1 is 1.25 bits per heavy atom. The molecule has 2 heterocycles. The molecule has 1 unspecified atom stereocenters. The molecule has 0 aromatic heterocycles. The van der Waals surface area contributed by atoms with Crippen molar-refractivity contribution >= 4 is 15.9 Å². The predicted molar refractivity (Wildman–Crippen MR) is 91.3 cm³/mol. The number of hydrogen-bond donors (Lipinski definition) is 1. The van der Waals surface area contributed by atoms with Crippen LogP contribution in [-0.4, -0.2) is 56.8 Å². The van der Waals surface area contributed by atoms with Gasteiger partial charge in [-0.3, -0.25) is 4.79 Å². The first-order valence-corrected chi connectivity index (χ1v) is 10.2. The Hall–Kier alpha value is -1.44. The van der Waals surface area contributed by atoms with Gasteiger partial charge in [0.05, 0.1) is 11.9 Å². The second-order valence-electron chi connectivity index (χ2n) is 6.77. The Bertz CT molecular complexity index is 682. The molecule has 1 amide bonds. The summed E-state index contributed by atoms with van der Waals surface area (Å²) < 4.78 is 31.6. The van der Waals surface area contributed by atoms with Gasteiger partial charge in [0.15, 0.2) is 0 Å². The van der Waals surface area contributed by atoms with Crippen LogP contribution in [0.5, 0.6) is 0 Å². The lowest BCUT2D eigenvalue weighted by Crippen LogP contribution is -2.54. The van der Waals surface area contributed by atoms with Crippen molar-refractivity contribution < 1.29 is 17.9 Å². The van der Waals surface area contributed by atoms with E-state index < -0.39 is 10.0 Å². The zero-order valence-electron chi connectivity index (χ0n) is 13.9. The summed E-state index contributed by atoms with van der Waals surface area (Å²) in [5.41, 5.74) is 0.392. The van der Waals surface area contributed by atoms with Crippen LogP contribution in [0.15, 0.2) is 30.3 Å². The van der Waals surface area contributed by atoms with Crippen molar-refractivity contribution in [1.29, 1.82) is 0 Å². The van der Waals surface area contributed by atoms with Crippen LogP contribution in [0, 0.1) is 0 Å². The first-order valence-electron chi connectivity index (χ1n) is 8.33. The van der Waals surface area contributed by atoms with E-state index >= 15 is 0 Å². The number of ether oxygens (including phenoxy) is 1. The molecular formula is C17H24N2O4S. The third kappa shape index (κ3) is 4.15. The van der Waals surface area contributed by atoms with Crippen LogP contribution in [0.25, 0.3) is 0 Å². The van der Waals surface area contributed by atoms with Gasteiger partial charge in [-0.15, -0.1) is 0 Å². The molecule has 0 aliphatic carbocycles. The van der Waals surface area contributed by atoms with Gasteiger partial charge in [0.1, 0.15) is 0 Å². The van der Waals surface area contributed by atoms with Crippen molar-refractivity contribution in [3.63, 3.8) is 0 Å². The number of benzene rings is 1. The number of sulfonamides is 1. The SMILES string of the molecule is CS(=O)(=O)NC1CCOC2(CCN(C(=O)c3ccccc3)CC2)C1. The molecule has 2 saturated heterocycles. The molecular weight excluding hydrogens is 328 g/mol. The van der Waals surface area contributed by atoms with Gasteiger partial charge in [-0.05, 0) is 37.8 Å². The van der Waals surface area contributed by atoms with E-state index in [1.807, 2.05) is 35.2 Å². The van der Waals surface area contributed by atoms with E-state index in [0.717, 1.165) is 12.8 Å². The molecule has 2 aliphatic rings. The molecule has 0 radical (unpaired) electrons. The molecule has 24 heavy (non-hydrogen) atoms. The highest BCUT2D eigenvalue weighted by Crippen LogP contribution is 2.35. The van der Waals surface area contributed by atoms with E-state index in [-0.39, 0.29) is 17.6 Å². The van der Waals surface area contributed by atoms with Crippen LogP contribution in [0.2, 0.25) is 0 Å². The summed E-state index contributed by atoms with van der Waals surface area (Å²) >= 11 is 0. The summed E-state index contributed by atoms with van der Waals surface area (Å²) in [6.07, 6.45) is 4.05. The summed E-state index contributed by atoms with van der Waals surface area (Å²) in [5, 5.41) is 0. The van der Waals surface area contributed by atoms with Crippen LogP contribution in [0.4, 0.5) is 0 Å². The van der Waals surface area contributed by atoms with E-state index in [1.54, 1.807) is 0 Å². The monoisotopic (exact) mass is 352 g/mol. The van der Waals surface area contributed by atoms with Crippen molar-refractivity contribution in [2.24, 2.45) is 0 Å². The van der Waals surface area contributed by atoms with E-state index in [0.29, 0.717) is 38.1 Å². The van der Waals surface area contributed by atoms with Crippen molar-refractivity contribution in [2.75, 3.05) is 26.0 Å². The molecule has 132 valence electrons. The second kappa shape index (κ2) is 6.82. The highest BCUT2D eigenvalue weighted by atomic mass is 32.2. The van der Waals surface area contributed by atoms with Gasteiger partial charge in [0.25, 0.3) is 5.91 Å². The maximum absolute atomic E-state index is 12.5. The molecule has 0 saturated carbocycles. The molecule has 1 aromatic carbocycles. The van der Waals surface area contributed by atoms with Crippen molar-refractivity contribution in [2.45, 2.75) is 37.3 Å². The van der Waals surface area contributed by atoms with E-state index in [4.69, 9.17) is 4.74 Å². The quantitative estimate of drug-likeness (QED) is 0.892. The van der Waals surface area contributed by atoms with Gasteiger partial charge in [0, 0.05) is 31.3 Å². The summed E-state index contributed by atoms with van der Waals surface area (Å²) in [6.45, 7) is 1.83. The third-order valence-electron chi connectivity index (χ3n) is 4.86. The zero-order valence-corrected chi connectivity index (χ0v) is 14.7. The lowest BCUT2D eigenvalue weighted by atomic mass is 9.82. The van der Waals surface area contributed by atoms with Crippen LogP contribution >= 0.6 is 0 Å². The Kier molecular flexibility index (Phi) is 4.94. The van der Waals surface area contributed by atoms with E-state index in [9.17, 15) is 13.2 Å². The van der Waals surface area contributed by atoms with E-state index in [1.165, 1.54) is 6.26 Å². The summed E-state index contributed by atoms with van der Waals surface area (Å²) in [6, 6.07) is 9.21. The zero-order chi connectivity index (χ0) is 17.2. The predicted octanol–water partition coefficient (Wildman–Crippen LogP) is 1.39. The van der Waals surface area contributed by atoms with Crippen molar-refractivity contribution in [1.82, 2.24) is 9.62 Å². The molecule has 2 aliphatic heterocycles. The fourth-order valence-electron chi connectivity index (χ4n) is 3.66. The van der Waals surface area contributed by atoms with Crippen LogP contribution in [-0.2, 0) is 14.8 Å². The molecule has 7 heteroatoms. The first-order chi connectivity index (χ1) is 11.4.